The van der Waals surface area contributed by atoms with Gasteiger partial charge in [-0.1, -0.05) is 37.5 Å². The zero-order chi connectivity index (χ0) is 40.0. The average Bonchev–Trinajstić information content (AvgIpc) is 3.65. The zero-order valence-corrected chi connectivity index (χ0v) is 35.9. The standard InChI is InChI=1S/C39H57ClN6O7Si/c1-24-32(31-25(2)43-52-26(31)3)41-33(42-34(24)46-22-39(23-46)16-17-45(21-39)36(48)49-11)29-18-27(14-15-30(29)40)50-20-28(53-54(12,13)38(7,8)9)19-44(10)35(47)51-37(4,5)6/h14-15,18,28H,16-17,19-23H2,1-13H3/t28-/m1/s1. The number of hydrogen-bond donors (Lipinski definition) is 0. The van der Waals surface area contributed by atoms with E-state index in [1.807, 2.05) is 53.7 Å². The molecule has 1 spiro atoms. The number of hydrogen-bond acceptors (Lipinski definition) is 11. The fraction of sp³-hybridized carbons (Fsp3) is 0.615. The Hall–Kier alpha value is -3.88. The minimum Gasteiger partial charge on any atom is -0.491 e. The van der Waals surface area contributed by atoms with Crippen LogP contribution in [0.2, 0.25) is 23.2 Å². The lowest BCUT2D eigenvalue weighted by atomic mass is 9.79. The Labute approximate surface area is 325 Å². The topological polar surface area (TPSA) is 133 Å². The summed E-state index contributed by atoms with van der Waals surface area (Å²) < 4.78 is 29.4. The van der Waals surface area contributed by atoms with Gasteiger partial charge in [0.1, 0.15) is 29.5 Å². The van der Waals surface area contributed by atoms with Gasteiger partial charge < -0.3 is 37.9 Å². The molecule has 3 aromatic rings. The maximum atomic E-state index is 12.9. The van der Waals surface area contributed by atoms with Gasteiger partial charge >= 0.3 is 12.2 Å². The van der Waals surface area contributed by atoms with Gasteiger partial charge in [0, 0.05) is 49.8 Å². The van der Waals surface area contributed by atoms with Crippen LogP contribution in [0.4, 0.5) is 15.4 Å². The first-order valence-corrected chi connectivity index (χ1v) is 21.8. The van der Waals surface area contributed by atoms with Crippen LogP contribution in [0.3, 0.4) is 0 Å². The highest BCUT2D eigenvalue weighted by molar-refractivity contribution is 6.74. The van der Waals surface area contributed by atoms with Crippen LogP contribution in [0.15, 0.2) is 22.7 Å². The summed E-state index contributed by atoms with van der Waals surface area (Å²) in [6.07, 6.45) is -0.259. The van der Waals surface area contributed by atoms with Crippen molar-refractivity contribution >= 4 is 37.9 Å². The van der Waals surface area contributed by atoms with Crippen LogP contribution < -0.4 is 9.64 Å². The Kier molecular flexibility index (Phi) is 11.7. The van der Waals surface area contributed by atoms with Crippen LogP contribution in [0, 0.1) is 26.2 Å². The molecule has 2 amide bonds. The van der Waals surface area contributed by atoms with Gasteiger partial charge in [0.05, 0.1) is 41.7 Å². The lowest BCUT2D eigenvalue weighted by Crippen LogP contribution is -2.58. The minimum absolute atomic E-state index is 0.0269. The van der Waals surface area contributed by atoms with Gasteiger partial charge in [0.15, 0.2) is 14.1 Å². The lowest BCUT2D eigenvalue weighted by Gasteiger charge is -2.49. The number of halogens is 1. The summed E-state index contributed by atoms with van der Waals surface area (Å²) in [6, 6.07) is 5.43. The van der Waals surface area contributed by atoms with E-state index in [-0.39, 0.29) is 29.7 Å². The lowest BCUT2D eigenvalue weighted by molar-refractivity contribution is 0.0172. The molecule has 4 heterocycles. The van der Waals surface area contributed by atoms with Gasteiger partial charge in [-0.3, -0.25) is 0 Å². The van der Waals surface area contributed by atoms with Crippen molar-refractivity contribution in [1.82, 2.24) is 24.9 Å². The molecule has 54 heavy (non-hydrogen) atoms. The van der Waals surface area contributed by atoms with Gasteiger partial charge in [-0.05, 0) is 84.3 Å². The number of anilines is 1. The molecule has 1 atom stereocenters. The molecular formula is C39H57ClN6O7Si. The molecule has 2 aromatic heterocycles. The van der Waals surface area contributed by atoms with E-state index in [4.69, 9.17) is 44.7 Å². The van der Waals surface area contributed by atoms with Crippen molar-refractivity contribution in [1.29, 1.82) is 0 Å². The van der Waals surface area contributed by atoms with Gasteiger partial charge in [-0.25, -0.2) is 19.6 Å². The van der Waals surface area contributed by atoms with E-state index >= 15 is 0 Å². The van der Waals surface area contributed by atoms with Gasteiger partial charge in [-0.15, -0.1) is 0 Å². The average molecular weight is 785 g/mol. The van der Waals surface area contributed by atoms with E-state index in [9.17, 15) is 9.59 Å². The second-order valence-electron chi connectivity index (χ2n) is 17.4. The molecule has 0 radical (unpaired) electrons. The van der Waals surface area contributed by atoms with Crippen molar-refractivity contribution in [2.24, 2.45) is 5.41 Å². The number of rotatable bonds is 10. The third-order valence-corrected chi connectivity index (χ3v) is 15.5. The normalized spacial score (nSPS) is 16.3. The molecule has 13 nitrogen and oxygen atoms in total. The number of carbonyl (C=O) groups excluding carboxylic acids is 2. The number of likely N-dealkylation sites (tertiary alicyclic amines) is 1. The molecule has 15 heteroatoms. The molecule has 2 aliphatic rings. The van der Waals surface area contributed by atoms with Crippen LogP contribution in [-0.4, -0.2) is 111 Å². The number of likely N-dealkylation sites (N-methyl/N-ethyl adjacent to an activating group) is 1. The number of benzene rings is 1. The quantitative estimate of drug-likeness (QED) is 0.184. The van der Waals surface area contributed by atoms with Crippen LogP contribution in [-0.2, 0) is 13.9 Å². The molecule has 296 valence electrons. The summed E-state index contributed by atoms with van der Waals surface area (Å²) in [5.74, 6) is 2.43. The number of aromatic nitrogens is 3. The highest BCUT2D eigenvalue weighted by Gasteiger charge is 2.50. The summed E-state index contributed by atoms with van der Waals surface area (Å²) >= 11 is 6.90. The van der Waals surface area contributed by atoms with Crippen molar-refractivity contribution in [3.63, 3.8) is 0 Å². The van der Waals surface area contributed by atoms with Crippen molar-refractivity contribution in [2.45, 2.75) is 98.6 Å². The van der Waals surface area contributed by atoms with E-state index in [1.54, 1.807) is 18.0 Å². The first kappa shape index (κ1) is 41.3. The van der Waals surface area contributed by atoms with Crippen LogP contribution in [0.5, 0.6) is 5.75 Å². The molecule has 5 rings (SSSR count). The van der Waals surface area contributed by atoms with E-state index in [0.29, 0.717) is 46.7 Å². The summed E-state index contributed by atoms with van der Waals surface area (Å²) in [7, 11) is 0.870. The molecular weight excluding hydrogens is 728 g/mol. The number of nitrogens with zero attached hydrogens (tertiary/aromatic N) is 6. The summed E-state index contributed by atoms with van der Waals surface area (Å²) in [5, 5.41) is 4.62. The monoisotopic (exact) mass is 784 g/mol. The van der Waals surface area contributed by atoms with Crippen LogP contribution in [0.1, 0.15) is 65.0 Å². The maximum Gasteiger partial charge on any atom is 0.410 e. The van der Waals surface area contributed by atoms with E-state index < -0.39 is 26.1 Å². The van der Waals surface area contributed by atoms with Gasteiger partial charge in [0.25, 0.3) is 0 Å². The number of methoxy groups -OCH3 is 1. The highest BCUT2D eigenvalue weighted by Crippen LogP contribution is 2.45. The Morgan fingerprint density at radius 1 is 1.07 bits per heavy atom. The van der Waals surface area contributed by atoms with Crippen LogP contribution in [0.25, 0.3) is 22.6 Å². The van der Waals surface area contributed by atoms with Crippen molar-refractivity contribution < 1.29 is 32.7 Å². The fourth-order valence-electron chi connectivity index (χ4n) is 6.78. The Morgan fingerprint density at radius 3 is 2.35 bits per heavy atom. The third kappa shape index (κ3) is 8.97. The third-order valence-electron chi connectivity index (χ3n) is 10.7. The van der Waals surface area contributed by atoms with Crippen LogP contribution >= 0.6 is 11.6 Å². The second-order valence-corrected chi connectivity index (χ2v) is 22.5. The maximum absolute atomic E-state index is 12.9. The second kappa shape index (κ2) is 15.3. The SMILES string of the molecule is COC(=O)N1CCC2(C1)CN(c1nc(-c3cc(OC[C@@H](CN(C)C(=O)OC(C)(C)C)O[Si](C)(C)C(C)(C)C)ccc3Cl)nc(-c3c(C)noc3C)c1C)C2. The fourth-order valence-corrected chi connectivity index (χ4v) is 8.31. The van der Waals surface area contributed by atoms with Crippen molar-refractivity contribution in [2.75, 3.05) is 58.4 Å². The molecule has 2 fully saturated rings. The molecule has 2 saturated heterocycles. The van der Waals surface area contributed by atoms with E-state index in [0.717, 1.165) is 42.1 Å². The number of aryl methyl sites for hydroxylation is 2. The summed E-state index contributed by atoms with van der Waals surface area (Å²) in [5.41, 5.74) is 3.10. The zero-order valence-electron chi connectivity index (χ0n) is 34.2. The largest absolute Gasteiger partial charge is 0.491 e. The van der Waals surface area contributed by atoms with Gasteiger partial charge in [-0.2, -0.15) is 0 Å². The Morgan fingerprint density at radius 2 is 1.76 bits per heavy atom. The first-order valence-electron chi connectivity index (χ1n) is 18.5. The molecule has 0 aliphatic carbocycles. The molecule has 0 saturated carbocycles. The smallest absolute Gasteiger partial charge is 0.410 e. The Balaban J connectivity index is 1.45. The Bertz CT molecular complexity index is 1850. The number of ether oxygens (including phenoxy) is 3. The predicted molar refractivity (Wildman–Crippen MR) is 212 cm³/mol. The molecule has 0 bridgehead atoms. The van der Waals surface area contributed by atoms with E-state index in [1.165, 1.54) is 12.0 Å². The van der Waals surface area contributed by atoms with Crippen molar-refractivity contribution in [3.05, 3.63) is 40.2 Å². The summed E-state index contributed by atoms with van der Waals surface area (Å²) in [4.78, 5) is 40.9. The first-order chi connectivity index (χ1) is 25.0. The molecule has 0 N–H and O–H groups in total. The highest BCUT2D eigenvalue weighted by atomic mass is 35.5. The van der Waals surface area contributed by atoms with Gasteiger partial charge in [0.2, 0.25) is 0 Å². The number of carbonyl (C=O) groups is 2. The number of amides is 2. The molecule has 0 unspecified atom stereocenters. The minimum atomic E-state index is -2.26. The van der Waals surface area contributed by atoms with E-state index in [2.05, 4.69) is 43.9 Å². The molecule has 1 aromatic carbocycles. The van der Waals surface area contributed by atoms with Crippen molar-refractivity contribution in [3.8, 4) is 28.4 Å². The molecule has 2 aliphatic heterocycles. The predicted octanol–water partition coefficient (Wildman–Crippen LogP) is 8.29. The summed E-state index contributed by atoms with van der Waals surface area (Å²) in [6.45, 7) is 25.5.